The van der Waals surface area contributed by atoms with Crippen LogP contribution in [0.4, 0.5) is 5.69 Å². The maximum Gasteiger partial charge on any atom is 0.131 e. The number of morpholine rings is 1. The molecule has 1 aliphatic heterocycles. The van der Waals surface area contributed by atoms with E-state index in [1.54, 1.807) is 0 Å². The Morgan fingerprint density at radius 3 is 2.85 bits per heavy atom. The van der Waals surface area contributed by atoms with Crippen LogP contribution in [0.1, 0.15) is 51.6 Å². The van der Waals surface area contributed by atoms with Crippen molar-refractivity contribution < 1.29 is 4.74 Å². The van der Waals surface area contributed by atoms with Gasteiger partial charge in [0.1, 0.15) is 5.82 Å². The van der Waals surface area contributed by atoms with Gasteiger partial charge < -0.3 is 15.4 Å². The lowest BCUT2D eigenvalue weighted by molar-refractivity contribution is 0.0298. The lowest BCUT2D eigenvalue weighted by Crippen LogP contribution is -2.49. The molecule has 1 aromatic rings. The van der Waals surface area contributed by atoms with Crippen LogP contribution < -0.4 is 10.6 Å². The molecule has 0 amide bonds. The molecule has 0 radical (unpaired) electrons. The van der Waals surface area contributed by atoms with E-state index < -0.39 is 0 Å². The van der Waals surface area contributed by atoms with Crippen molar-refractivity contribution in [2.45, 2.75) is 58.7 Å². The quantitative estimate of drug-likeness (QED) is 0.913. The van der Waals surface area contributed by atoms with E-state index in [4.69, 9.17) is 10.5 Å². The molecule has 0 saturated carbocycles. The van der Waals surface area contributed by atoms with E-state index in [1.165, 1.54) is 0 Å². The maximum absolute atomic E-state index is 5.90. The van der Waals surface area contributed by atoms with Crippen molar-refractivity contribution >= 4 is 5.69 Å². The first-order valence-corrected chi connectivity index (χ1v) is 7.50. The fraction of sp³-hybridized carbons (Fsp3) is 0.733. The molecule has 0 spiro atoms. The predicted octanol–water partition coefficient (Wildman–Crippen LogP) is 2.06. The third-order valence-electron chi connectivity index (χ3n) is 3.82. The minimum absolute atomic E-state index is 0.230. The van der Waals surface area contributed by atoms with E-state index in [0.717, 1.165) is 36.8 Å². The van der Waals surface area contributed by atoms with Gasteiger partial charge in [0.15, 0.2) is 0 Å². The number of hydrogen-bond acceptors (Lipinski definition) is 5. The first-order chi connectivity index (χ1) is 9.56. The molecule has 1 aliphatic rings. The van der Waals surface area contributed by atoms with Gasteiger partial charge in [0, 0.05) is 19.0 Å². The van der Waals surface area contributed by atoms with E-state index in [-0.39, 0.29) is 6.10 Å². The molecule has 112 valence electrons. The van der Waals surface area contributed by atoms with Crippen LogP contribution in [0.2, 0.25) is 0 Å². The first-order valence-electron chi connectivity index (χ1n) is 7.50. The molecule has 2 unspecified atom stereocenters. The van der Waals surface area contributed by atoms with Crippen molar-refractivity contribution in [3.63, 3.8) is 0 Å². The van der Waals surface area contributed by atoms with Crippen molar-refractivity contribution in [2.75, 3.05) is 18.1 Å². The van der Waals surface area contributed by atoms with Crippen LogP contribution in [0.15, 0.2) is 6.20 Å². The zero-order valence-electron chi connectivity index (χ0n) is 13.0. The Morgan fingerprint density at radius 2 is 2.25 bits per heavy atom. The summed E-state index contributed by atoms with van der Waals surface area (Å²) in [5.74, 6) is 1.18. The third-order valence-corrected chi connectivity index (χ3v) is 3.82. The summed E-state index contributed by atoms with van der Waals surface area (Å²) in [7, 11) is 0. The van der Waals surface area contributed by atoms with Gasteiger partial charge in [-0.05, 0) is 13.3 Å². The van der Waals surface area contributed by atoms with Crippen LogP contribution in [-0.4, -0.2) is 35.3 Å². The second-order valence-corrected chi connectivity index (χ2v) is 5.78. The maximum atomic E-state index is 5.90. The number of nitrogens with two attached hydrogens (primary N) is 1. The summed E-state index contributed by atoms with van der Waals surface area (Å²) in [6.07, 6.45) is 3.21. The lowest BCUT2D eigenvalue weighted by atomic mass is 10.1. The molecular formula is C15H26N4O. The van der Waals surface area contributed by atoms with Gasteiger partial charge in [-0.2, -0.15) is 0 Å². The fourth-order valence-electron chi connectivity index (χ4n) is 2.57. The highest BCUT2D eigenvalue weighted by atomic mass is 16.5. The molecule has 0 aromatic carbocycles. The summed E-state index contributed by atoms with van der Waals surface area (Å²) in [5, 5.41) is 0. The van der Waals surface area contributed by atoms with Gasteiger partial charge in [0.2, 0.25) is 0 Å². The third kappa shape index (κ3) is 3.10. The standard InChI is InChI=1S/C15H26N4O/c1-5-12-9-20-11(4)8-19(12)14-7-17-15(10(2)3)18-13(14)6-16/h7,10-12H,5-6,8-9,16H2,1-4H3. The number of anilines is 1. The van der Waals surface area contributed by atoms with E-state index >= 15 is 0 Å². The Bertz CT molecular complexity index is 449. The highest BCUT2D eigenvalue weighted by Gasteiger charge is 2.28. The van der Waals surface area contributed by atoms with Gasteiger partial charge in [-0.1, -0.05) is 20.8 Å². The van der Waals surface area contributed by atoms with E-state index in [9.17, 15) is 0 Å². The Balaban J connectivity index is 2.34. The number of aromatic nitrogens is 2. The van der Waals surface area contributed by atoms with Crippen LogP contribution in [0.25, 0.3) is 0 Å². The molecule has 2 heterocycles. The normalized spacial score (nSPS) is 23.4. The molecule has 0 bridgehead atoms. The molecule has 20 heavy (non-hydrogen) atoms. The summed E-state index contributed by atoms with van der Waals surface area (Å²) >= 11 is 0. The molecule has 2 rings (SSSR count). The number of ether oxygens (including phenoxy) is 1. The average molecular weight is 278 g/mol. The summed E-state index contributed by atoms with van der Waals surface area (Å²) < 4.78 is 5.75. The topological polar surface area (TPSA) is 64.3 Å². The minimum atomic E-state index is 0.230. The van der Waals surface area contributed by atoms with Crippen LogP contribution in [0, 0.1) is 0 Å². The zero-order chi connectivity index (χ0) is 14.7. The van der Waals surface area contributed by atoms with E-state index in [2.05, 4.69) is 42.6 Å². The first kappa shape index (κ1) is 15.2. The predicted molar refractivity (Wildman–Crippen MR) is 80.9 cm³/mol. The van der Waals surface area contributed by atoms with E-state index in [0.29, 0.717) is 18.5 Å². The summed E-state index contributed by atoms with van der Waals surface area (Å²) in [5.41, 5.74) is 7.91. The van der Waals surface area contributed by atoms with Gasteiger partial charge in [-0.15, -0.1) is 0 Å². The van der Waals surface area contributed by atoms with Gasteiger partial charge in [-0.3, -0.25) is 0 Å². The second-order valence-electron chi connectivity index (χ2n) is 5.78. The SMILES string of the molecule is CCC1COC(C)CN1c1cnc(C(C)C)nc1CN. The van der Waals surface area contributed by atoms with Gasteiger partial charge >= 0.3 is 0 Å². The Labute approximate surface area is 121 Å². The molecule has 5 nitrogen and oxygen atoms in total. The molecule has 1 aromatic heterocycles. The number of hydrogen-bond donors (Lipinski definition) is 1. The Morgan fingerprint density at radius 1 is 1.50 bits per heavy atom. The lowest BCUT2D eigenvalue weighted by Gasteiger charge is -2.40. The number of nitrogens with zero attached hydrogens (tertiary/aromatic N) is 3. The zero-order valence-corrected chi connectivity index (χ0v) is 13.0. The Kier molecular flexibility index (Phi) is 4.94. The smallest absolute Gasteiger partial charge is 0.131 e. The van der Waals surface area contributed by atoms with E-state index in [1.807, 2.05) is 6.20 Å². The van der Waals surface area contributed by atoms with Crippen molar-refractivity contribution in [1.29, 1.82) is 0 Å². The largest absolute Gasteiger partial charge is 0.375 e. The van der Waals surface area contributed by atoms with Crippen molar-refractivity contribution in [2.24, 2.45) is 5.73 Å². The van der Waals surface area contributed by atoms with Gasteiger partial charge in [0.05, 0.1) is 36.3 Å². The molecule has 2 atom stereocenters. The fourth-order valence-corrected chi connectivity index (χ4v) is 2.57. The number of rotatable bonds is 4. The molecular weight excluding hydrogens is 252 g/mol. The molecule has 0 aliphatic carbocycles. The van der Waals surface area contributed by atoms with Crippen LogP contribution in [0.5, 0.6) is 0 Å². The molecule has 2 N–H and O–H groups in total. The minimum Gasteiger partial charge on any atom is -0.375 e. The summed E-state index contributed by atoms with van der Waals surface area (Å²) in [6, 6.07) is 0.380. The van der Waals surface area contributed by atoms with Gasteiger partial charge in [0.25, 0.3) is 0 Å². The van der Waals surface area contributed by atoms with Crippen molar-refractivity contribution in [3.8, 4) is 0 Å². The summed E-state index contributed by atoms with van der Waals surface area (Å²) in [6.45, 7) is 10.6. The van der Waals surface area contributed by atoms with Crippen LogP contribution in [-0.2, 0) is 11.3 Å². The highest BCUT2D eigenvalue weighted by Crippen LogP contribution is 2.26. The molecule has 1 saturated heterocycles. The monoisotopic (exact) mass is 278 g/mol. The average Bonchev–Trinajstić information content (AvgIpc) is 2.46. The molecule has 5 heteroatoms. The van der Waals surface area contributed by atoms with Crippen molar-refractivity contribution in [3.05, 3.63) is 17.7 Å². The Hall–Kier alpha value is -1.20. The highest BCUT2D eigenvalue weighted by molar-refractivity contribution is 5.50. The van der Waals surface area contributed by atoms with Crippen LogP contribution in [0.3, 0.4) is 0 Å². The second kappa shape index (κ2) is 6.50. The molecule has 1 fully saturated rings. The summed E-state index contributed by atoms with van der Waals surface area (Å²) in [4.78, 5) is 11.5. The van der Waals surface area contributed by atoms with Crippen molar-refractivity contribution in [1.82, 2.24) is 9.97 Å². The van der Waals surface area contributed by atoms with Crippen LogP contribution >= 0.6 is 0 Å². The van der Waals surface area contributed by atoms with Gasteiger partial charge in [-0.25, -0.2) is 9.97 Å².